The first-order valence-electron chi connectivity index (χ1n) is 6.46. The topological polar surface area (TPSA) is 56.5 Å². The summed E-state index contributed by atoms with van der Waals surface area (Å²) in [5.74, 6) is 1.36. The Bertz CT molecular complexity index is 627. The monoisotopic (exact) mass is 338 g/mol. The quantitative estimate of drug-likeness (QED) is 0.931. The Morgan fingerprint density at radius 2 is 2.30 bits per heavy atom. The second kappa shape index (κ2) is 5.46. The number of aliphatic hydroxyl groups is 1. The lowest BCUT2D eigenvalue weighted by Gasteiger charge is -2.11. The number of fused-ring (bicyclic) bond motifs is 1. The molecule has 0 spiro atoms. The van der Waals surface area contributed by atoms with Crippen LogP contribution in [-0.2, 0) is 13.0 Å². The highest BCUT2D eigenvalue weighted by Gasteiger charge is 2.21. The van der Waals surface area contributed by atoms with E-state index in [9.17, 15) is 5.11 Å². The molecule has 20 heavy (non-hydrogen) atoms. The summed E-state index contributed by atoms with van der Waals surface area (Å²) in [4.78, 5) is 0. The van der Waals surface area contributed by atoms with Crippen LogP contribution in [0, 0.1) is 0 Å². The third-order valence-corrected chi connectivity index (χ3v) is 3.86. The third-order valence-electron chi connectivity index (χ3n) is 3.27. The minimum Gasteiger partial charge on any atom is -0.454 e. The lowest BCUT2D eigenvalue weighted by Crippen LogP contribution is -2.01. The first-order chi connectivity index (χ1) is 9.67. The Morgan fingerprint density at radius 3 is 3.05 bits per heavy atom. The van der Waals surface area contributed by atoms with E-state index in [0.29, 0.717) is 17.9 Å². The maximum absolute atomic E-state index is 10.4. The molecule has 1 aliphatic heterocycles. The second-order valence-corrected chi connectivity index (χ2v) is 5.52. The van der Waals surface area contributed by atoms with E-state index in [0.717, 1.165) is 22.1 Å². The smallest absolute Gasteiger partial charge is 0.231 e. The minimum absolute atomic E-state index is 0.219. The molecule has 106 valence electrons. The van der Waals surface area contributed by atoms with Crippen LogP contribution in [0.15, 0.2) is 29.0 Å². The van der Waals surface area contributed by atoms with E-state index in [1.54, 1.807) is 6.20 Å². The molecule has 1 aliphatic rings. The van der Waals surface area contributed by atoms with Crippen LogP contribution in [-0.4, -0.2) is 21.7 Å². The van der Waals surface area contributed by atoms with Crippen molar-refractivity contribution in [2.75, 3.05) is 6.79 Å². The predicted molar refractivity (Wildman–Crippen MR) is 76.8 cm³/mol. The number of rotatable bonds is 4. The molecule has 1 atom stereocenters. The highest BCUT2D eigenvalue weighted by molar-refractivity contribution is 9.10. The Balaban J connectivity index is 1.80. The maximum atomic E-state index is 10.4. The summed E-state index contributed by atoms with van der Waals surface area (Å²) in [6.45, 7) is 3.07. The van der Waals surface area contributed by atoms with Crippen LogP contribution in [0.3, 0.4) is 0 Å². The fourth-order valence-electron chi connectivity index (χ4n) is 2.21. The summed E-state index contributed by atoms with van der Waals surface area (Å²) in [6.07, 6.45) is 3.65. The van der Waals surface area contributed by atoms with Gasteiger partial charge in [0.2, 0.25) is 6.79 Å². The van der Waals surface area contributed by atoms with E-state index < -0.39 is 6.10 Å². The molecule has 0 amide bonds. The summed E-state index contributed by atoms with van der Waals surface area (Å²) >= 11 is 3.43. The van der Waals surface area contributed by atoms with Crippen molar-refractivity contribution >= 4 is 15.9 Å². The van der Waals surface area contributed by atoms with Crippen LogP contribution < -0.4 is 9.47 Å². The fraction of sp³-hybridized carbons (Fsp3) is 0.357. The Morgan fingerprint density at radius 1 is 1.45 bits per heavy atom. The number of halogens is 1. The summed E-state index contributed by atoms with van der Waals surface area (Å²) in [5.41, 5.74) is 1.80. The van der Waals surface area contributed by atoms with E-state index >= 15 is 0 Å². The number of aryl methyl sites for hydroxylation is 1. The Hall–Kier alpha value is -1.53. The van der Waals surface area contributed by atoms with Crippen LogP contribution in [0.1, 0.15) is 24.2 Å². The zero-order chi connectivity index (χ0) is 14.1. The lowest BCUT2D eigenvalue weighted by atomic mass is 10.0. The molecular weight excluding hydrogens is 324 g/mol. The highest BCUT2D eigenvalue weighted by atomic mass is 79.9. The van der Waals surface area contributed by atoms with Gasteiger partial charge in [-0.3, -0.25) is 4.68 Å². The summed E-state index contributed by atoms with van der Waals surface area (Å²) in [5, 5.41) is 14.6. The molecule has 6 heteroatoms. The predicted octanol–water partition coefficient (Wildman–Crippen LogP) is 2.67. The van der Waals surface area contributed by atoms with Crippen molar-refractivity contribution in [3.63, 3.8) is 0 Å². The molecule has 0 radical (unpaired) electrons. The van der Waals surface area contributed by atoms with Crippen LogP contribution in [0.25, 0.3) is 0 Å². The van der Waals surface area contributed by atoms with E-state index in [1.165, 1.54) is 0 Å². The number of nitrogens with zero attached hydrogens (tertiary/aromatic N) is 2. The van der Waals surface area contributed by atoms with Gasteiger partial charge < -0.3 is 14.6 Å². The SMILES string of the molecule is CCn1cc(CC(O)c2cc(Br)c3c(c2)OCO3)cn1. The number of hydrogen-bond acceptors (Lipinski definition) is 4. The van der Waals surface area contributed by atoms with Gasteiger partial charge in [0.05, 0.1) is 16.8 Å². The molecule has 5 nitrogen and oxygen atoms in total. The van der Waals surface area contributed by atoms with Crippen molar-refractivity contribution in [1.82, 2.24) is 9.78 Å². The molecule has 1 aromatic heterocycles. The van der Waals surface area contributed by atoms with Crippen LogP contribution in [0.5, 0.6) is 11.5 Å². The first-order valence-corrected chi connectivity index (χ1v) is 7.25. The zero-order valence-corrected chi connectivity index (χ0v) is 12.6. The lowest BCUT2D eigenvalue weighted by molar-refractivity contribution is 0.171. The van der Waals surface area contributed by atoms with Gasteiger partial charge in [0.25, 0.3) is 0 Å². The van der Waals surface area contributed by atoms with Gasteiger partial charge in [-0.25, -0.2) is 0 Å². The molecular formula is C14H15BrN2O3. The largest absolute Gasteiger partial charge is 0.454 e. The average Bonchev–Trinajstić information content (AvgIpc) is 3.07. The van der Waals surface area contributed by atoms with Gasteiger partial charge in [0.15, 0.2) is 11.5 Å². The van der Waals surface area contributed by atoms with Gasteiger partial charge in [-0.1, -0.05) is 0 Å². The molecule has 1 N–H and O–H groups in total. The van der Waals surface area contributed by atoms with Gasteiger partial charge >= 0.3 is 0 Å². The number of hydrogen-bond donors (Lipinski definition) is 1. The van der Waals surface area contributed by atoms with Crippen LogP contribution >= 0.6 is 15.9 Å². The number of aliphatic hydroxyl groups excluding tert-OH is 1. The molecule has 2 aromatic rings. The van der Waals surface area contributed by atoms with E-state index in [4.69, 9.17) is 9.47 Å². The minimum atomic E-state index is -0.602. The van der Waals surface area contributed by atoms with Gasteiger partial charge in [-0.05, 0) is 46.1 Å². The van der Waals surface area contributed by atoms with Crippen molar-refractivity contribution in [2.24, 2.45) is 0 Å². The third kappa shape index (κ3) is 2.53. The van der Waals surface area contributed by atoms with Crippen molar-refractivity contribution in [1.29, 1.82) is 0 Å². The molecule has 0 fully saturated rings. The molecule has 1 unspecified atom stereocenters. The van der Waals surface area contributed by atoms with Crippen molar-refractivity contribution in [3.05, 3.63) is 40.1 Å². The molecule has 2 heterocycles. The molecule has 0 aliphatic carbocycles. The number of benzene rings is 1. The number of aromatic nitrogens is 2. The van der Waals surface area contributed by atoms with E-state index in [1.807, 2.05) is 29.9 Å². The van der Waals surface area contributed by atoms with Crippen LogP contribution in [0.2, 0.25) is 0 Å². The van der Waals surface area contributed by atoms with E-state index in [-0.39, 0.29) is 6.79 Å². The average molecular weight is 339 g/mol. The van der Waals surface area contributed by atoms with Crippen LogP contribution in [0.4, 0.5) is 0 Å². The molecule has 0 bridgehead atoms. The zero-order valence-electron chi connectivity index (χ0n) is 11.0. The summed E-state index contributed by atoms with van der Waals surface area (Å²) in [7, 11) is 0. The van der Waals surface area contributed by atoms with Gasteiger partial charge in [-0.15, -0.1) is 0 Å². The fourth-order valence-corrected chi connectivity index (χ4v) is 2.78. The Labute approximate surface area is 125 Å². The van der Waals surface area contributed by atoms with Crippen molar-refractivity contribution in [2.45, 2.75) is 26.0 Å². The number of ether oxygens (including phenoxy) is 2. The Kier molecular flexibility index (Phi) is 3.67. The molecule has 0 saturated carbocycles. The van der Waals surface area contributed by atoms with Crippen molar-refractivity contribution < 1.29 is 14.6 Å². The maximum Gasteiger partial charge on any atom is 0.231 e. The highest BCUT2D eigenvalue weighted by Crippen LogP contribution is 2.41. The standard InChI is InChI=1S/C14H15BrN2O3/c1-2-17-7-9(6-16-17)3-12(18)10-4-11(15)14-13(5-10)19-8-20-14/h4-7,12,18H,2-3,8H2,1H3. The van der Waals surface area contributed by atoms with Crippen molar-refractivity contribution in [3.8, 4) is 11.5 Å². The van der Waals surface area contributed by atoms with Gasteiger partial charge in [0.1, 0.15) is 0 Å². The van der Waals surface area contributed by atoms with E-state index in [2.05, 4.69) is 21.0 Å². The van der Waals surface area contributed by atoms with Gasteiger partial charge in [-0.2, -0.15) is 5.10 Å². The summed E-state index contributed by atoms with van der Waals surface area (Å²) < 4.78 is 13.3. The van der Waals surface area contributed by atoms with Gasteiger partial charge in [0, 0.05) is 19.2 Å². The first kappa shape index (κ1) is 13.5. The molecule has 0 saturated heterocycles. The molecule has 3 rings (SSSR count). The normalized spacial score (nSPS) is 14.6. The molecule has 1 aromatic carbocycles. The summed E-state index contributed by atoms with van der Waals surface area (Å²) in [6, 6.07) is 3.68. The second-order valence-electron chi connectivity index (χ2n) is 4.66.